The average Bonchev–Trinajstić information content (AvgIpc) is 3.63. The fraction of sp³-hybridized carbons (Fsp3) is 0.0444. The van der Waals surface area contributed by atoms with Crippen LogP contribution in [0.5, 0.6) is 0 Å². The fourth-order valence-corrected chi connectivity index (χ4v) is 7.65. The maximum Gasteiger partial charge on any atom is 0.164 e. The van der Waals surface area contributed by atoms with E-state index in [-0.39, 0.29) is 0 Å². The van der Waals surface area contributed by atoms with Crippen molar-refractivity contribution >= 4 is 18.1 Å². The van der Waals surface area contributed by atoms with Crippen molar-refractivity contribution in [2.75, 3.05) is 0 Å². The zero-order valence-corrected chi connectivity index (χ0v) is 27.5. The third kappa shape index (κ3) is 4.51. The molecule has 0 saturated heterocycles. The van der Waals surface area contributed by atoms with Gasteiger partial charge in [0.2, 0.25) is 0 Å². The predicted octanol–water partition coefficient (Wildman–Crippen LogP) is 10.1. The summed E-state index contributed by atoms with van der Waals surface area (Å²) < 4.78 is 0. The van der Waals surface area contributed by atoms with Crippen molar-refractivity contribution in [1.82, 2.24) is 15.0 Å². The highest BCUT2D eigenvalue weighted by molar-refractivity contribution is 6.04. The summed E-state index contributed by atoms with van der Waals surface area (Å²) in [6, 6.07) is 54.2. The first-order chi connectivity index (χ1) is 24.7. The summed E-state index contributed by atoms with van der Waals surface area (Å²) in [6.07, 6.45) is 0. The summed E-state index contributed by atoms with van der Waals surface area (Å²) in [5, 5.41) is 0. The number of fused-ring (bicyclic) bond motifs is 7. The van der Waals surface area contributed by atoms with Gasteiger partial charge in [-0.3, -0.25) is 0 Å². The summed E-state index contributed by atoms with van der Waals surface area (Å²) in [5.41, 5.74) is 12.4. The van der Waals surface area contributed by atoms with Crippen LogP contribution in [0.2, 0.25) is 0 Å². The predicted molar refractivity (Wildman–Crippen MR) is 203 cm³/mol. The minimum atomic E-state index is -0.579. The number of aromatic nitrogens is 3. The first-order valence-electron chi connectivity index (χ1n) is 16.7. The van der Waals surface area contributed by atoms with E-state index < -0.39 is 5.41 Å². The summed E-state index contributed by atoms with van der Waals surface area (Å²) in [5.74, 6) is 2.33. The van der Waals surface area contributed by atoms with Crippen LogP contribution < -0.4 is 0 Å². The second-order valence-electron chi connectivity index (χ2n) is 12.6. The van der Waals surface area contributed by atoms with Gasteiger partial charge in [0.05, 0.1) is 11.1 Å². The maximum absolute atomic E-state index is 5.47. The molecule has 0 saturated carbocycles. The highest BCUT2D eigenvalue weighted by Crippen LogP contribution is 2.62. The molecular formula is C45H31N5. The lowest BCUT2D eigenvalue weighted by Gasteiger charge is -2.30. The van der Waals surface area contributed by atoms with Crippen molar-refractivity contribution in [3.63, 3.8) is 0 Å². The number of hydrogen-bond acceptors (Lipinski definition) is 4. The van der Waals surface area contributed by atoms with Crippen molar-refractivity contribution in [2.45, 2.75) is 12.3 Å². The van der Waals surface area contributed by atoms with Crippen LogP contribution in [-0.4, -0.2) is 27.5 Å². The zero-order chi connectivity index (χ0) is 33.7. The Morgan fingerprint density at radius 1 is 0.500 bits per heavy atom. The summed E-state index contributed by atoms with van der Waals surface area (Å²) >= 11 is 0. The Kier molecular flexibility index (Phi) is 6.99. The van der Waals surface area contributed by atoms with Crippen LogP contribution in [0.3, 0.4) is 0 Å². The third-order valence-corrected chi connectivity index (χ3v) is 9.84. The Labute approximate surface area is 291 Å². The number of aliphatic imine (C=N–C) groups is 2. The SMILES string of the molecule is C=NC(=NC1=C(C)c2ccccc2C12c1ccccc1-c1ccccc12)c1cccc(-c2nc(-c3ccccc3)nc(-c3ccccc3)n2)c1. The van der Waals surface area contributed by atoms with E-state index in [0.717, 1.165) is 33.5 Å². The Morgan fingerprint density at radius 3 is 1.48 bits per heavy atom. The molecule has 2 aliphatic rings. The van der Waals surface area contributed by atoms with Gasteiger partial charge in [0.25, 0.3) is 0 Å². The first kappa shape index (κ1) is 29.5. The van der Waals surface area contributed by atoms with E-state index in [1.807, 2.05) is 84.9 Å². The maximum atomic E-state index is 5.47. The Morgan fingerprint density at radius 2 is 0.940 bits per heavy atom. The molecule has 9 rings (SSSR count). The van der Waals surface area contributed by atoms with E-state index in [2.05, 4.69) is 91.4 Å². The molecule has 6 aromatic carbocycles. The lowest BCUT2D eigenvalue weighted by Crippen LogP contribution is -2.27. The van der Waals surface area contributed by atoms with Gasteiger partial charge in [-0.15, -0.1) is 0 Å². The quantitative estimate of drug-likeness (QED) is 0.139. The minimum absolute atomic E-state index is 0.538. The largest absolute Gasteiger partial charge is 0.245 e. The van der Waals surface area contributed by atoms with Gasteiger partial charge >= 0.3 is 0 Å². The average molecular weight is 642 g/mol. The summed E-state index contributed by atoms with van der Waals surface area (Å²) in [4.78, 5) is 24.8. The molecule has 0 atom stereocenters. The molecule has 0 amide bonds. The summed E-state index contributed by atoms with van der Waals surface area (Å²) in [7, 11) is 0. The topological polar surface area (TPSA) is 63.4 Å². The van der Waals surface area contributed by atoms with Crippen molar-refractivity contribution in [3.8, 4) is 45.3 Å². The lowest BCUT2D eigenvalue weighted by molar-refractivity contribution is 0.755. The van der Waals surface area contributed by atoms with Crippen LogP contribution in [-0.2, 0) is 5.41 Å². The Balaban J connectivity index is 1.22. The molecule has 0 radical (unpaired) electrons. The lowest BCUT2D eigenvalue weighted by atomic mass is 9.72. The van der Waals surface area contributed by atoms with Crippen LogP contribution in [0.15, 0.2) is 173 Å². The zero-order valence-electron chi connectivity index (χ0n) is 27.5. The van der Waals surface area contributed by atoms with Crippen molar-refractivity contribution < 1.29 is 0 Å². The number of allylic oxidation sites excluding steroid dienone is 2. The number of hydrogen-bond donors (Lipinski definition) is 0. The van der Waals surface area contributed by atoms with Gasteiger partial charge in [-0.1, -0.05) is 152 Å². The van der Waals surface area contributed by atoms with Gasteiger partial charge in [0, 0.05) is 22.3 Å². The molecule has 1 heterocycles. The van der Waals surface area contributed by atoms with E-state index >= 15 is 0 Å². The van der Waals surface area contributed by atoms with Gasteiger partial charge < -0.3 is 0 Å². The van der Waals surface area contributed by atoms with Crippen molar-refractivity contribution in [1.29, 1.82) is 0 Å². The van der Waals surface area contributed by atoms with Gasteiger partial charge in [0.15, 0.2) is 23.3 Å². The Hall–Kier alpha value is -6.59. The van der Waals surface area contributed by atoms with E-state index in [9.17, 15) is 0 Å². The highest BCUT2D eigenvalue weighted by atomic mass is 15.0. The second-order valence-corrected chi connectivity index (χ2v) is 12.6. The molecule has 0 bridgehead atoms. The summed E-state index contributed by atoms with van der Waals surface area (Å²) in [6.45, 7) is 6.20. The molecule has 236 valence electrons. The molecule has 7 aromatic rings. The van der Waals surface area contributed by atoms with Crippen LogP contribution in [0.4, 0.5) is 0 Å². The smallest absolute Gasteiger partial charge is 0.164 e. The fourth-order valence-electron chi connectivity index (χ4n) is 7.65. The molecule has 0 fully saturated rings. The molecule has 5 heteroatoms. The highest BCUT2D eigenvalue weighted by Gasteiger charge is 2.52. The van der Waals surface area contributed by atoms with Gasteiger partial charge in [-0.05, 0) is 58.7 Å². The molecule has 0 aliphatic heterocycles. The molecule has 50 heavy (non-hydrogen) atoms. The molecule has 2 aliphatic carbocycles. The third-order valence-electron chi connectivity index (χ3n) is 9.84. The second kappa shape index (κ2) is 11.8. The van der Waals surface area contributed by atoms with Crippen molar-refractivity contribution in [2.24, 2.45) is 9.98 Å². The molecule has 0 unspecified atom stereocenters. The van der Waals surface area contributed by atoms with Gasteiger partial charge in [-0.25, -0.2) is 24.9 Å². The molecule has 1 aromatic heterocycles. The van der Waals surface area contributed by atoms with E-state index in [1.54, 1.807) is 0 Å². The van der Waals surface area contributed by atoms with E-state index in [0.29, 0.717) is 23.3 Å². The van der Waals surface area contributed by atoms with Crippen molar-refractivity contribution in [3.05, 3.63) is 191 Å². The van der Waals surface area contributed by atoms with Crippen LogP contribution in [0, 0.1) is 0 Å². The minimum Gasteiger partial charge on any atom is -0.245 e. The normalized spacial score (nSPS) is 14.0. The van der Waals surface area contributed by atoms with E-state index in [1.165, 1.54) is 33.4 Å². The first-order valence-corrected chi connectivity index (χ1v) is 16.7. The van der Waals surface area contributed by atoms with Crippen LogP contribution in [0.1, 0.15) is 34.7 Å². The van der Waals surface area contributed by atoms with Gasteiger partial charge in [0.1, 0.15) is 0 Å². The number of nitrogens with zero attached hydrogens (tertiary/aromatic N) is 5. The molecule has 1 spiro atoms. The number of amidine groups is 1. The molecule has 5 nitrogen and oxygen atoms in total. The monoisotopic (exact) mass is 641 g/mol. The number of rotatable bonds is 5. The molecular weight excluding hydrogens is 611 g/mol. The molecule has 0 N–H and O–H groups in total. The van der Waals surface area contributed by atoms with Gasteiger partial charge in [-0.2, -0.15) is 0 Å². The Bertz CT molecular complexity index is 2410. The van der Waals surface area contributed by atoms with Crippen LogP contribution >= 0.6 is 0 Å². The van der Waals surface area contributed by atoms with E-state index in [4.69, 9.17) is 19.9 Å². The number of benzene rings is 6. The van der Waals surface area contributed by atoms with Crippen LogP contribution in [0.25, 0.3) is 50.9 Å². The standard InChI is InChI=1S/C45H31N5/c1-29-34-22-9-12-25-37(34)45(38-26-13-10-23-35(38)36-24-11-14-27-39(36)45)40(29)47-41(46-2)32-20-15-21-33(28-32)44-49-42(30-16-5-3-6-17-30)48-43(50-44)31-18-7-4-8-19-31/h3-28H,2H2,1H3.